The quantitative estimate of drug-likeness (QED) is 0.473. The molecule has 0 aliphatic carbocycles. The molecule has 41 heavy (non-hydrogen) atoms. The maximum Gasteiger partial charge on any atom is 0.247 e. The second kappa shape index (κ2) is 11.1. The van der Waals surface area contributed by atoms with E-state index >= 15 is 0 Å². The second-order valence-electron chi connectivity index (χ2n) is 11.0. The van der Waals surface area contributed by atoms with Gasteiger partial charge in [0.05, 0.1) is 12.7 Å². The van der Waals surface area contributed by atoms with Crippen molar-refractivity contribution in [3.05, 3.63) is 70.4 Å². The summed E-state index contributed by atoms with van der Waals surface area (Å²) in [5, 5.41) is 15.7. The lowest BCUT2D eigenvalue weighted by molar-refractivity contribution is -0.127. The topological polar surface area (TPSA) is 99.2 Å². The van der Waals surface area contributed by atoms with Crippen LogP contribution in [0.25, 0.3) is 11.1 Å². The van der Waals surface area contributed by atoms with E-state index in [0.29, 0.717) is 24.8 Å². The van der Waals surface area contributed by atoms with Gasteiger partial charge >= 0.3 is 0 Å². The first-order valence-electron chi connectivity index (χ1n) is 13.6. The molecule has 2 saturated heterocycles. The molecule has 2 aromatic carbocycles. The van der Waals surface area contributed by atoms with Crippen molar-refractivity contribution < 1.29 is 31.8 Å². The van der Waals surface area contributed by atoms with Crippen LogP contribution in [-0.4, -0.2) is 72.6 Å². The number of carbonyl (C=O) groups excluding carboxylic acids is 1. The minimum Gasteiger partial charge on any atom is -0.492 e. The number of hydrogen-bond donors (Lipinski definition) is 2. The minimum absolute atomic E-state index is 0.0132. The van der Waals surface area contributed by atoms with Crippen LogP contribution in [-0.2, 0) is 21.4 Å². The number of sulfonamides is 1. The van der Waals surface area contributed by atoms with Crippen molar-refractivity contribution in [2.75, 3.05) is 26.2 Å². The van der Waals surface area contributed by atoms with Gasteiger partial charge < -0.3 is 15.2 Å². The number of amides is 1. The highest BCUT2D eigenvalue weighted by Gasteiger charge is 2.47. The predicted octanol–water partition coefficient (Wildman–Crippen LogP) is 3.75. The fraction of sp³-hybridized carbons (Fsp3) is 0.414. The first-order chi connectivity index (χ1) is 19.6. The number of aliphatic hydroxyl groups excluding tert-OH is 1. The van der Waals surface area contributed by atoms with Gasteiger partial charge in [-0.2, -0.15) is 4.31 Å². The molecular weight excluding hydrogens is 572 g/mol. The zero-order chi connectivity index (χ0) is 28.8. The number of likely N-dealkylation sites (tertiary alicyclic amines) is 1. The molecule has 1 amide bonds. The number of halogens is 2. The summed E-state index contributed by atoms with van der Waals surface area (Å²) in [6, 6.07) is 10.4. The summed E-state index contributed by atoms with van der Waals surface area (Å²) in [6.07, 6.45) is 0.742. The molecule has 1 spiro atoms. The Morgan fingerprint density at radius 3 is 2.63 bits per heavy atom. The van der Waals surface area contributed by atoms with Crippen LogP contribution in [0, 0.1) is 11.6 Å². The number of hydrogen-bond acceptors (Lipinski definition) is 7. The standard InChI is InChI=1S/C29H31F2N3O5S2/c30-20-4-5-23(24(31)15-20)19-3-6-27-26(14-19)39-12-9-29(7-10-33(11-8-29)18-22-2-1-13-40-22)32-28(36)25-16-21(35)17-34(25)41(27,37)38/h1-6,13-15,21,25,35H,7-12,16-18H2,(H,32,36)/t21-,25+/m1/s1. The Kier molecular flexibility index (Phi) is 7.62. The lowest BCUT2D eigenvalue weighted by Crippen LogP contribution is -2.59. The second-order valence-corrected chi connectivity index (χ2v) is 13.9. The van der Waals surface area contributed by atoms with Gasteiger partial charge in [0, 0.05) is 61.1 Å². The fourth-order valence-electron chi connectivity index (χ4n) is 6.04. The van der Waals surface area contributed by atoms with Crippen molar-refractivity contribution in [1.29, 1.82) is 0 Å². The monoisotopic (exact) mass is 603 g/mol. The molecule has 2 atom stereocenters. The van der Waals surface area contributed by atoms with E-state index in [-0.39, 0.29) is 35.8 Å². The molecule has 0 unspecified atom stereocenters. The van der Waals surface area contributed by atoms with E-state index in [9.17, 15) is 27.1 Å². The van der Waals surface area contributed by atoms with Gasteiger partial charge in [-0.1, -0.05) is 12.1 Å². The summed E-state index contributed by atoms with van der Waals surface area (Å²) >= 11 is 1.70. The lowest BCUT2D eigenvalue weighted by Gasteiger charge is -2.43. The molecule has 0 radical (unpaired) electrons. The van der Waals surface area contributed by atoms with Gasteiger partial charge in [-0.15, -0.1) is 11.3 Å². The van der Waals surface area contributed by atoms with E-state index in [1.165, 1.54) is 29.1 Å². The fourth-order valence-corrected chi connectivity index (χ4v) is 8.54. The van der Waals surface area contributed by atoms with Gasteiger partial charge in [0.25, 0.3) is 0 Å². The van der Waals surface area contributed by atoms with Crippen LogP contribution in [0.15, 0.2) is 58.8 Å². The number of carbonyl (C=O) groups is 1. The zero-order valence-corrected chi connectivity index (χ0v) is 23.9. The highest BCUT2D eigenvalue weighted by Crippen LogP contribution is 2.38. The number of aliphatic hydroxyl groups is 1. The summed E-state index contributed by atoms with van der Waals surface area (Å²) in [7, 11) is -4.27. The largest absolute Gasteiger partial charge is 0.492 e. The maximum atomic E-state index is 14.6. The number of ether oxygens (including phenoxy) is 1. The van der Waals surface area contributed by atoms with E-state index < -0.39 is 45.2 Å². The third-order valence-corrected chi connectivity index (χ3v) is 11.1. The molecule has 12 heteroatoms. The van der Waals surface area contributed by atoms with Crippen LogP contribution in [0.2, 0.25) is 0 Å². The number of piperidine rings is 1. The first kappa shape index (κ1) is 28.2. The van der Waals surface area contributed by atoms with E-state index in [4.69, 9.17) is 4.74 Å². The van der Waals surface area contributed by atoms with Crippen LogP contribution < -0.4 is 10.1 Å². The Bertz CT molecular complexity index is 1540. The summed E-state index contributed by atoms with van der Waals surface area (Å²) < 4.78 is 63.0. The van der Waals surface area contributed by atoms with Crippen molar-refractivity contribution in [3.8, 4) is 16.9 Å². The van der Waals surface area contributed by atoms with Crippen LogP contribution in [0.1, 0.15) is 30.6 Å². The Morgan fingerprint density at radius 1 is 1.10 bits per heavy atom. The van der Waals surface area contributed by atoms with Crippen molar-refractivity contribution in [2.45, 2.75) is 54.8 Å². The van der Waals surface area contributed by atoms with E-state index in [1.807, 2.05) is 11.4 Å². The van der Waals surface area contributed by atoms with Crippen molar-refractivity contribution in [3.63, 3.8) is 0 Å². The summed E-state index contributed by atoms with van der Waals surface area (Å²) in [6.45, 7) is 2.22. The maximum absolute atomic E-state index is 14.6. The number of nitrogens with one attached hydrogen (secondary N) is 1. The van der Waals surface area contributed by atoms with Crippen LogP contribution in [0.5, 0.6) is 5.75 Å². The number of thiophene rings is 1. The smallest absolute Gasteiger partial charge is 0.247 e. The summed E-state index contributed by atoms with van der Waals surface area (Å²) in [5.41, 5.74) is -0.183. The number of rotatable bonds is 3. The molecule has 218 valence electrons. The third-order valence-electron chi connectivity index (χ3n) is 8.31. The predicted molar refractivity (Wildman–Crippen MR) is 150 cm³/mol. The molecule has 3 aliphatic heterocycles. The Hall–Kier alpha value is -2.90. The molecule has 4 heterocycles. The highest BCUT2D eigenvalue weighted by atomic mass is 32.2. The van der Waals surface area contributed by atoms with E-state index in [0.717, 1.165) is 36.1 Å². The van der Waals surface area contributed by atoms with Crippen LogP contribution in [0.3, 0.4) is 0 Å². The normalized spacial score (nSPS) is 24.6. The van der Waals surface area contributed by atoms with Crippen molar-refractivity contribution in [2.24, 2.45) is 0 Å². The Morgan fingerprint density at radius 2 is 1.90 bits per heavy atom. The molecule has 8 nitrogen and oxygen atoms in total. The minimum atomic E-state index is -4.27. The summed E-state index contributed by atoms with van der Waals surface area (Å²) in [5.74, 6) is -1.91. The van der Waals surface area contributed by atoms with Gasteiger partial charge in [0.2, 0.25) is 15.9 Å². The molecule has 0 bridgehead atoms. The van der Waals surface area contributed by atoms with Gasteiger partial charge in [0.15, 0.2) is 0 Å². The molecule has 1 aromatic heterocycles. The molecule has 3 aliphatic rings. The molecule has 6 rings (SSSR count). The van der Waals surface area contributed by atoms with Crippen molar-refractivity contribution in [1.82, 2.24) is 14.5 Å². The molecule has 2 N–H and O–H groups in total. The van der Waals surface area contributed by atoms with Crippen LogP contribution in [0.4, 0.5) is 8.78 Å². The molecule has 3 aromatic rings. The van der Waals surface area contributed by atoms with E-state index in [1.54, 1.807) is 11.3 Å². The van der Waals surface area contributed by atoms with Gasteiger partial charge in [-0.05, 0) is 54.1 Å². The molecular formula is C29H31F2N3O5S2. The van der Waals surface area contributed by atoms with E-state index in [2.05, 4.69) is 16.3 Å². The molecule has 2 fully saturated rings. The first-order valence-corrected chi connectivity index (χ1v) is 15.9. The average molecular weight is 604 g/mol. The van der Waals surface area contributed by atoms with Gasteiger partial charge in [0.1, 0.15) is 28.3 Å². The lowest BCUT2D eigenvalue weighted by atomic mass is 9.84. The summed E-state index contributed by atoms with van der Waals surface area (Å²) in [4.78, 5) is 17.1. The Balaban J connectivity index is 1.33. The number of benzene rings is 2. The van der Waals surface area contributed by atoms with Gasteiger partial charge in [-0.25, -0.2) is 17.2 Å². The van der Waals surface area contributed by atoms with Crippen LogP contribution >= 0.6 is 11.3 Å². The number of fused-ring (bicyclic) bond motifs is 2. The zero-order valence-electron chi connectivity index (χ0n) is 22.3. The van der Waals surface area contributed by atoms with Crippen molar-refractivity contribution >= 4 is 27.3 Å². The SMILES string of the molecule is O=C1NC2(CCOc3cc(-c4ccc(F)cc4F)ccc3S(=O)(=O)N3C[C@H](O)C[C@@H]13)CCN(Cc1cccs1)CC2. The van der Waals surface area contributed by atoms with Gasteiger partial charge in [-0.3, -0.25) is 9.69 Å². The Labute approximate surface area is 241 Å². The highest BCUT2D eigenvalue weighted by molar-refractivity contribution is 7.89. The third kappa shape index (κ3) is 5.63. The number of nitrogens with zero attached hydrogens (tertiary/aromatic N) is 2. The molecule has 0 saturated carbocycles. The average Bonchev–Trinajstić information content (AvgIpc) is 3.59.